The molecule has 2 aromatic rings. The summed E-state index contributed by atoms with van der Waals surface area (Å²) in [5.74, 6) is 1.35. The van der Waals surface area contributed by atoms with Crippen LogP contribution in [0, 0.1) is 6.92 Å². The molecule has 0 saturated carbocycles. The molecule has 0 bridgehead atoms. The Labute approximate surface area is 140 Å². The molecular formula is C17H22N4OS. The topological polar surface area (TPSA) is 58.1 Å². The molecular weight excluding hydrogens is 308 g/mol. The number of pyridine rings is 1. The minimum absolute atomic E-state index is 0.0682. The molecule has 1 aliphatic heterocycles. The number of carbonyl (C=O) groups excluding carboxylic acids is 1. The van der Waals surface area contributed by atoms with E-state index in [1.54, 1.807) is 17.5 Å². The van der Waals surface area contributed by atoms with E-state index in [0.717, 1.165) is 31.0 Å². The van der Waals surface area contributed by atoms with Crippen LogP contribution in [0.15, 0.2) is 23.7 Å². The predicted octanol–water partition coefficient (Wildman–Crippen LogP) is 2.98. The van der Waals surface area contributed by atoms with Crippen molar-refractivity contribution in [1.82, 2.24) is 15.3 Å². The van der Waals surface area contributed by atoms with E-state index in [-0.39, 0.29) is 5.91 Å². The highest BCUT2D eigenvalue weighted by molar-refractivity contribution is 7.09. The second-order valence-corrected chi connectivity index (χ2v) is 6.77. The number of anilines is 1. The van der Waals surface area contributed by atoms with Crippen LogP contribution < -0.4 is 10.2 Å². The van der Waals surface area contributed by atoms with Gasteiger partial charge in [0.25, 0.3) is 5.91 Å². The van der Waals surface area contributed by atoms with Crippen LogP contribution in [0.3, 0.4) is 0 Å². The lowest BCUT2D eigenvalue weighted by Crippen LogP contribution is -2.35. The summed E-state index contributed by atoms with van der Waals surface area (Å²) in [4.78, 5) is 23.2. The Balaban J connectivity index is 1.70. The zero-order chi connectivity index (χ0) is 16.2. The van der Waals surface area contributed by atoms with Gasteiger partial charge in [-0.15, -0.1) is 11.3 Å². The van der Waals surface area contributed by atoms with Gasteiger partial charge in [0.1, 0.15) is 5.82 Å². The summed E-state index contributed by atoms with van der Waals surface area (Å²) in [6.07, 6.45) is 3.99. The van der Waals surface area contributed by atoms with Crippen molar-refractivity contribution >= 4 is 23.1 Å². The van der Waals surface area contributed by atoms with Crippen molar-refractivity contribution in [3.05, 3.63) is 40.0 Å². The summed E-state index contributed by atoms with van der Waals surface area (Å²) >= 11 is 1.75. The van der Waals surface area contributed by atoms with Crippen molar-refractivity contribution in [2.75, 3.05) is 24.5 Å². The fourth-order valence-corrected chi connectivity index (χ4v) is 3.84. The van der Waals surface area contributed by atoms with E-state index in [0.29, 0.717) is 18.0 Å². The van der Waals surface area contributed by atoms with E-state index < -0.39 is 0 Å². The van der Waals surface area contributed by atoms with E-state index in [4.69, 9.17) is 0 Å². The lowest BCUT2D eigenvalue weighted by molar-refractivity contribution is 0.0955. The SMILES string of the molecule is CCNC(=O)c1ccc(N2CCCC(c3nc(C)cs3)C2)nc1. The largest absolute Gasteiger partial charge is 0.356 e. The number of piperidine rings is 1. The lowest BCUT2D eigenvalue weighted by Gasteiger charge is -2.32. The maximum absolute atomic E-state index is 11.8. The van der Waals surface area contributed by atoms with Crippen molar-refractivity contribution in [3.63, 3.8) is 0 Å². The lowest BCUT2D eigenvalue weighted by atomic mass is 9.98. The van der Waals surface area contributed by atoms with Crippen LogP contribution in [-0.2, 0) is 0 Å². The molecule has 1 unspecified atom stereocenters. The number of carbonyl (C=O) groups is 1. The minimum Gasteiger partial charge on any atom is -0.356 e. The Morgan fingerprint density at radius 1 is 1.48 bits per heavy atom. The van der Waals surface area contributed by atoms with Gasteiger partial charge in [0.05, 0.1) is 10.6 Å². The molecule has 1 atom stereocenters. The molecule has 122 valence electrons. The molecule has 3 rings (SSSR count). The molecule has 0 aromatic carbocycles. The molecule has 1 amide bonds. The summed E-state index contributed by atoms with van der Waals surface area (Å²) in [6, 6.07) is 3.80. The summed E-state index contributed by atoms with van der Waals surface area (Å²) in [5, 5.41) is 6.14. The smallest absolute Gasteiger partial charge is 0.252 e. The van der Waals surface area contributed by atoms with Gasteiger partial charge in [-0.3, -0.25) is 4.79 Å². The molecule has 1 aliphatic rings. The van der Waals surface area contributed by atoms with Crippen LogP contribution in [-0.4, -0.2) is 35.5 Å². The van der Waals surface area contributed by atoms with E-state index in [9.17, 15) is 4.79 Å². The van der Waals surface area contributed by atoms with E-state index >= 15 is 0 Å². The van der Waals surface area contributed by atoms with Gasteiger partial charge >= 0.3 is 0 Å². The van der Waals surface area contributed by atoms with Crippen molar-refractivity contribution in [2.45, 2.75) is 32.6 Å². The van der Waals surface area contributed by atoms with Crippen molar-refractivity contribution in [2.24, 2.45) is 0 Å². The summed E-state index contributed by atoms with van der Waals surface area (Å²) < 4.78 is 0. The molecule has 23 heavy (non-hydrogen) atoms. The third-order valence-corrected chi connectivity index (χ3v) is 5.20. The average Bonchev–Trinajstić information content (AvgIpc) is 3.02. The molecule has 2 aromatic heterocycles. The van der Waals surface area contributed by atoms with Gasteiger partial charge in [0.15, 0.2) is 0 Å². The quantitative estimate of drug-likeness (QED) is 0.936. The highest BCUT2D eigenvalue weighted by atomic mass is 32.1. The first-order chi connectivity index (χ1) is 11.2. The van der Waals surface area contributed by atoms with Crippen LogP contribution >= 0.6 is 11.3 Å². The zero-order valence-corrected chi connectivity index (χ0v) is 14.4. The van der Waals surface area contributed by atoms with Crippen LogP contribution in [0.25, 0.3) is 0 Å². The molecule has 1 saturated heterocycles. The van der Waals surface area contributed by atoms with Gasteiger partial charge < -0.3 is 10.2 Å². The first-order valence-electron chi connectivity index (χ1n) is 8.08. The van der Waals surface area contributed by atoms with Gasteiger partial charge in [-0.25, -0.2) is 9.97 Å². The third kappa shape index (κ3) is 3.69. The second kappa shape index (κ2) is 7.08. The average molecular weight is 330 g/mol. The molecule has 1 N–H and O–H groups in total. The molecule has 0 radical (unpaired) electrons. The van der Waals surface area contributed by atoms with Crippen LogP contribution in [0.4, 0.5) is 5.82 Å². The number of thiazole rings is 1. The number of nitrogens with zero attached hydrogens (tertiary/aromatic N) is 3. The predicted molar refractivity (Wildman–Crippen MR) is 93.3 cm³/mol. The van der Waals surface area contributed by atoms with Gasteiger partial charge in [-0.1, -0.05) is 0 Å². The zero-order valence-electron chi connectivity index (χ0n) is 13.6. The molecule has 6 heteroatoms. The standard InChI is InChI=1S/C17H22N4OS/c1-3-18-16(22)13-6-7-15(19-9-13)21-8-4-5-14(10-21)17-20-12(2)11-23-17/h6-7,9,11,14H,3-5,8,10H2,1-2H3,(H,18,22). The number of rotatable bonds is 4. The van der Waals surface area contributed by atoms with E-state index in [1.165, 1.54) is 11.4 Å². The molecule has 0 spiro atoms. The van der Waals surface area contributed by atoms with Crippen molar-refractivity contribution in [3.8, 4) is 0 Å². The van der Waals surface area contributed by atoms with Gasteiger partial charge in [0, 0.05) is 42.8 Å². The Bertz CT molecular complexity index is 667. The second-order valence-electron chi connectivity index (χ2n) is 5.88. The minimum atomic E-state index is -0.0682. The molecule has 3 heterocycles. The first-order valence-corrected chi connectivity index (χ1v) is 8.96. The van der Waals surface area contributed by atoms with Crippen molar-refractivity contribution in [1.29, 1.82) is 0 Å². The normalized spacial score (nSPS) is 18.0. The third-order valence-electron chi connectivity index (χ3n) is 4.08. The highest BCUT2D eigenvalue weighted by Gasteiger charge is 2.24. The molecule has 1 fully saturated rings. The fourth-order valence-electron chi connectivity index (χ4n) is 2.92. The summed E-state index contributed by atoms with van der Waals surface area (Å²) in [6.45, 7) is 6.53. The van der Waals surface area contributed by atoms with Crippen LogP contribution in [0.5, 0.6) is 0 Å². The number of hydrogen-bond donors (Lipinski definition) is 1. The maximum atomic E-state index is 11.8. The van der Waals surface area contributed by atoms with Crippen LogP contribution in [0.1, 0.15) is 46.7 Å². The summed E-state index contributed by atoms with van der Waals surface area (Å²) in [5.41, 5.74) is 1.71. The Kier molecular flexibility index (Phi) is 4.91. The van der Waals surface area contributed by atoms with Gasteiger partial charge in [-0.2, -0.15) is 0 Å². The summed E-state index contributed by atoms with van der Waals surface area (Å²) in [7, 11) is 0. The Morgan fingerprint density at radius 3 is 3.00 bits per heavy atom. The fraction of sp³-hybridized carbons (Fsp3) is 0.471. The number of aromatic nitrogens is 2. The van der Waals surface area contributed by atoms with E-state index in [1.807, 2.05) is 26.0 Å². The molecule has 5 nitrogen and oxygen atoms in total. The molecule has 0 aliphatic carbocycles. The van der Waals surface area contributed by atoms with Crippen molar-refractivity contribution < 1.29 is 4.79 Å². The maximum Gasteiger partial charge on any atom is 0.252 e. The van der Waals surface area contributed by atoms with Gasteiger partial charge in [0.2, 0.25) is 0 Å². The monoisotopic (exact) mass is 330 g/mol. The first kappa shape index (κ1) is 15.9. The van der Waals surface area contributed by atoms with Crippen LogP contribution in [0.2, 0.25) is 0 Å². The Hall–Kier alpha value is -1.95. The number of nitrogens with one attached hydrogen (secondary N) is 1. The number of hydrogen-bond acceptors (Lipinski definition) is 5. The number of aryl methyl sites for hydroxylation is 1. The highest BCUT2D eigenvalue weighted by Crippen LogP contribution is 2.30. The Morgan fingerprint density at radius 2 is 2.35 bits per heavy atom. The van der Waals surface area contributed by atoms with E-state index in [2.05, 4.69) is 25.6 Å². The number of amides is 1. The van der Waals surface area contributed by atoms with Gasteiger partial charge in [-0.05, 0) is 38.8 Å².